The molecule has 0 spiro atoms. The van der Waals surface area contributed by atoms with Gasteiger partial charge in [0.25, 0.3) is 0 Å². The fraction of sp³-hybridized carbons (Fsp3) is 0.333. The third-order valence-corrected chi connectivity index (χ3v) is 5.02. The van der Waals surface area contributed by atoms with E-state index in [0.29, 0.717) is 17.1 Å². The highest BCUT2D eigenvalue weighted by molar-refractivity contribution is 9.10. The molecule has 0 aliphatic heterocycles. The monoisotopic (exact) mass is 368 g/mol. The van der Waals surface area contributed by atoms with Gasteiger partial charge in [0.2, 0.25) is 0 Å². The van der Waals surface area contributed by atoms with Crippen LogP contribution in [0.5, 0.6) is 0 Å². The molecular formula is C15H17BrN2O2S. The largest absolute Gasteiger partial charge is 0.477 e. The maximum Gasteiger partial charge on any atom is 0.347 e. The summed E-state index contributed by atoms with van der Waals surface area (Å²) in [6.07, 6.45) is 0. The Kier molecular flexibility index (Phi) is 5.00. The molecule has 1 aromatic carbocycles. The molecule has 2 rings (SSSR count). The quantitative estimate of drug-likeness (QED) is 0.851. The Balaban J connectivity index is 2.27. The topological polar surface area (TPSA) is 53.4 Å². The molecule has 112 valence electrons. The second kappa shape index (κ2) is 6.58. The summed E-state index contributed by atoms with van der Waals surface area (Å²) in [5.74, 6) is -0.810. The van der Waals surface area contributed by atoms with Crippen LogP contribution in [-0.2, 0) is 6.54 Å². The van der Waals surface area contributed by atoms with Crippen molar-refractivity contribution in [3.63, 3.8) is 0 Å². The lowest BCUT2D eigenvalue weighted by Gasteiger charge is -2.16. The van der Waals surface area contributed by atoms with Gasteiger partial charge in [-0.15, -0.1) is 0 Å². The van der Waals surface area contributed by atoms with Crippen molar-refractivity contribution in [1.82, 2.24) is 4.98 Å². The van der Waals surface area contributed by atoms with Crippen LogP contribution in [0.3, 0.4) is 0 Å². The van der Waals surface area contributed by atoms with Gasteiger partial charge in [-0.25, -0.2) is 9.78 Å². The van der Waals surface area contributed by atoms with Crippen molar-refractivity contribution >= 4 is 38.4 Å². The third-order valence-electron chi connectivity index (χ3n) is 3.08. The number of aromatic nitrogens is 1. The van der Waals surface area contributed by atoms with Crippen molar-refractivity contribution in [2.75, 3.05) is 11.9 Å². The lowest BCUT2D eigenvalue weighted by atomic mass is 10.1. The Hall–Kier alpha value is -1.40. The first-order chi connectivity index (χ1) is 9.90. The molecule has 0 radical (unpaired) electrons. The molecular weight excluding hydrogens is 352 g/mol. The molecule has 0 fully saturated rings. The molecule has 6 heteroatoms. The Morgan fingerprint density at radius 3 is 2.62 bits per heavy atom. The molecule has 1 N–H and O–H groups in total. The molecule has 0 atom stereocenters. The number of rotatable bonds is 5. The molecule has 0 amide bonds. The van der Waals surface area contributed by atoms with E-state index in [4.69, 9.17) is 0 Å². The Bertz CT molecular complexity index is 655. The van der Waals surface area contributed by atoms with Gasteiger partial charge < -0.3 is 10.0 Å². The number of benzene rings is 1. The van der Waals surface area contributed by atoms with E-state index in [1.807, 2.05) is 50.1 Å². The molecule has 0 unspecified atom stereocenters. The number of anilines is 1. The molecule has 0 bridgehead atoms. The lowest BCUT2D eigenvalue weighted by Crippen LogP contribution is -2.16. The van der Waals surface area contributed by atoms with Gasteiger partial charge in [0.1, 0.15) is 4.88 Å². The van der Waals surface area contributed by atoms with E-state index in [0.717, 1.165) is 15.2 Å². The van der Waals surface area contributed by atoms with Crippen LogP contribution in [0.1, 0.15) is 40.7 Å². The van der Waals surface area contributed by atoms with Crippen LogP contribution in [0.2, 0.25) is 0 Å². The van der Waals surface area contributed by atoms with E-state index in [1.54, 1.807) is 0 Å². The van der Waals surface area contributed by atoms with Crippen LogP contribution in [0.4, 0.5) is 5.13 Å². The minimum Gasteiger partial charge on any atom is -0.477 e. The van der Waals surface area contributed by atoms with Gasteiger partial charge in [-0.05, 0) is 17.5 Å². The second-order valence-electron chi connectivity index (χ2n) is 5.12. The number of carboxylic acid groups (broad SMARTS) is 1. The molecule has 0 aliphatic carbocycles. The van der Waals surface area contributed by atoms with Crippen LogP contribution in [0.25, 0.3) is 0 Å². The summed E-state index contributed by atoms with van der Waals surface area (Å²) in [6.45, 7) is 4.59. The summed E-state index contributed by atoms with van der Waals surface area (Å²) in [6, 6.07) is 7.98. The summed E-state index contributed by atoms with van der Waals surface area (Å²) >= 11 is 4.75. The number of aromatic carboxylic acids is 1. The van der Waals surface area contributed by atoms with Gasteiger partial charge in [0.15, 0.2) is 5.13 Å². The summed E-state index contributed by atoms with van der Waals surface area (Å²) in [4.78, 5) is 18.1. The van der Waals surface area contributed by atoms with Crippen LogP contribution >= 0.6 is 27.3 Å². The summed E-state index contributed by atoms with van der Waals surface area (Å²) < 4.78 is 1.04. The molecule has 21 heavy (non-hydrogen) atoms. The number of hydrogen-bond acceptors (Lipinski definition) is 4. The van der Waals surface area contributed by atoms with Crippen molar-refractivity contribution in [1.29, 1.82) is 0 Å². The maximum absolute atomic E-state index is 11.3. The highest BCUT2D eigenvalue weighted by Crippen LogP contribution is 2.31. The highest BCUT2D eigenvalue weighted by Gasteiger charge is 2.21. The van der Waals surface area contributed by atoms with E-state index >= 15 is 0 Å². The van der Waals surface area contributed by atoms with Crippen molar-refractivity contribution in [3.8, 4) is 0 Å². The zero-order valence-electron chi connectivity index (χ0n) is 12.1. The number of nitrogens with zero attached hydrogens (tertiary/aromatic N) is 2. The molecule has 4 nitrogen and oxygen atoms in total. The number of thiazole rings is 1. The van der Waals surface area contributed by atoms with Gasteiger partial charge >= 0.3 is 5.97 Å². The number of carboxylic acids is 1. The van der Waals surface area contributed by atoms with Crippen molar-refractivity contribution in [3.05, 3.63) is 44.9 Å². The van der Waals surface area contributed by atoms with Crippen molar-refractivity contribution in [2.24, 2.45) is 0 Å². The van der Waals surface area contributed by atoms with E-state index in [-0.39, 0.29) is 5.92 Å². The normalized spacial score (nSPS) is 10.9. The molecule has 0 aliphatic rings. The van der Waals surface area contributed by atoms with Gasteiger partial charge in [0.05, 0.1) is 5.69 Å². The average molecular weight is 369 g/mol. The molecule has 1 aromatic heterocycles. The summed E-state index contributed by atoms with van der Waals surface area (Å²) in [5, 5.41) is 10.0. The Morgan fingerprint density at radius 2 is 2.10 bits per heavy atom. The zero-order valence-corrected chi connectivity index (χ0v) is 14.5. The first-order valence-electron chi connectivity index (χ1n) is 6.58. The molecule has 2 aromatic rings. The van der Waals surface area contributed by atoms with Gasteiger partial charge in [-0.2, -0.15) is 0 Å². The minimum absolute atomic E-state index is 0.0953. The first kappa shape index (κ1) is 16.0. The SMILES string of the molecule is CC(C)c1nc(N(C)Cc2ccccc2Br)sc1C(=O)O. The number of halogens is 1. The van der Waals surface area contributed by atoms with Crippen LogP contribution in [0.15, 0.2) is 28.7 Å². The fourth-order valence-electron chi connectivity index (χ4n) is 1.98. The van der Waals surface area contributed by atoms with Gasteiger partial charge in [-0.1, -0.05) is 59.3 Å². The first-order valence-corrected chi connectivity index (χ1v) is 8.19. The van der Waals surface area contributed by atoms with Crippen LogP contribution in [-0.4, -0.2) is 23.1 Å². The van der Waals surface area contributed by atoms with Crippen molar-refractivity contribution in [2.45, 2.75) is 26.3 Å². The van der Waals surface area contributed by atoms with Crippen LogP contribution < -0.4 is 4.90 Å². The molecule has 1 heterocycles. The predicted octanol–water partition coefficient (Wildman–Crippen LogP) is 4.36. The maximum atomic E-state index is 11.3. The lowest BCUT2D eigenvalue weighted by molar-refractivity contribution is 0.0700. The Labute approximate surface area is 136 Å². The molecule has 0 saturated carbocycles. The predicted molar refractivity (Wildman–Crippen MR) is 89.4 cm³/mol. The fourth-order valence-corrected chi connectivity index (χ4v) is 3.41. The highest BCUT2D eigenvalue weighted by atomic mass is 79.9. The van der Waals surface area contributed by atoms with E-state index in [2.05, 4.69) is 20.9 Å². The number of carbonyl (C=O) groups is 1. The summed E-state index contributed by atoms with van der Waals surface area (Å²) in [5.41, 5.74) is 1.79. The van der Waals surface area contributed by atoms with Gasteiger partial charge in [-0.3, -0.25) is 0 Å². The average Bonchev–Trinajstić information content (AvgIpc) is 2.87. The van der Waals surface area contributed by atoms with Crippen LogP contribution in [0, 0.1) is 0 Å². The standard InChI is InChI=1S/C15H17BrN2O2S/c1-9(2)12-13(14(19)20)21-15(17-12)18(3)8-10-6-4-5-7-11(10)16/h4-7,9H,8H2,1-3H3,(H,19,20). The Morgan fingerprint density at radius 1 is 1.43 bits per heavy atom. The third kappa shape index (κ3) is 3.63. The minimum atomic E-state index is -0.906. The van der Waals surface area contributed by atoms with E-state index in [1.165, 1.54) is 11.3 Å². The second-order valence-corrected chi connectivity index (χ2v) is 6.95. The summed E-state index contributed by atoms with van der Waals surface area (Å²) in [7, 11) is 1.92. The number of hydrogen-bond donors (Lipinski definition) is 1. The smallest absolute Gasteiger partial charge is 0.347 e. The van der Waals surface area contributed by atoms with E-state index in [9.17, 15) is 9.90 Å². The molecule has 0 saturated heterocycles. The zero-order chi connectivity index (χ0) is 15.6. The van der Waals surface area contributed by atoms with E-state index < -0.39 is 5.97 Å². The van der Waals surface area contributed by atoms with Gasteiger partial charge in [0, 0.05) is 18.1 Å². The van der Waals surface area contributed by atoms with Crippen molar-refractivity contribution < 1.29 is 9.90 Å².